The molecule has 0 atom stereocenters. The third-order valence-corrected chi connectivity index (χ3v) is 1.39. The Morgan fingerprint density at radius 3 is 2.91 bits per heavy atom. The number of benzene rings is 1. The van der Waals surface area contributed by atoms with E-state index in [2.05, 4.69) is 6.07 Å². The molecule has 0 bridgehead atoms. The quantitative estimate of drug-likeness (QED) is 0.598. The molecule has 11 heavy (non-hydrogen) atoms. The van der Waals surface area contributed by atoms with Crippen molar-refractivity contribution in [2.75, 3.05) is 7.11 Å². The summed E-state index contributed by atoms with van der Waals surface area (Å²) < 4.78 is 4.93. The molecule has 1 aromatic carbocycles. The summed E-state index contributed by atoms with van der Waals surface area (Å²) in [5.41, 5.74) is 0.560. The first-order valence-corrected chi connectivity index (χ1v) is 3.30. The number of hydrogen-bond acceptors (Lipinski definition) is 2. The Balaban J connectivity index is 3.01. The van der Waals surface area contributed by atoms with Crippen LogP contribution < -0.4 is 4.74 Å². The van der Waals surface area contributed by atoms with E-state index in [0.717, 1.165) is 0 Å². The molecule has 0 saturated carbocycles. The Hall–Kier alpha value is -1.31. The Labute approximate surface area is 65.8 Å². The van der Waals surface area contributed by atoms with Gasteiger partial charge in [0.15, 0.2) is 5.78 Å². The highest BCUT2D eigenvalue weighted by molar-refractivity contribution is 5.94. The fourth-order valence-electron chi connectivity index (χ4n) is 0.776. The van der Waals surface area contributed by atoms with E-state index in [9.17, 15) is 4.79 Å². The molecule has 57 valence electrons. The fraction of sp³-hybridized carbons (Fsp3) is 0.222. The van der Waals surface area contributed by atoms with Crippen LogP contribution in [0.1, 0.15) is 17.3 Å². The van der Waals surface area contributed by atoms with Gasteiger partial charge < -0.3 is 4.74 Å². The van der Waals surface area contributed by atoms with Gasteiger partial charge in [0, 0.05) is 5.56 Å². The lowest BCUT2D eigenvalue weighted by Crippen LogP contribution is -1.92. The zero-order valence-corrected chi connectivity index (χ0v) is 6.55. The van der Waals surface area contributed by atoms with Gasteiger partial charge in [-0.05, 0) is 31.2 Å². The molecule has 0 aliphatic heterocycles. The summed E-state index contributed by atoms with van der Waals surface area (Å²) in [7, 11) is 1.57. The number of Topliss-reactive ketones (excluding diaryl/α,β-unsaturated/α-hetero) is 1. The molecule has 0 saturated heterocycles. The molecule has 0 heterocycles. The molecule has 0 unspecified atom stereocenters. The van der Waals surface area contributed by atoms with Crippen LogP contribution in [-0.2, 0) is 0 Å². The average Bonchev–Trinajstić information content (AvgIpc) is 2.05. The van der Waals surface area contributed by atoms with Crippen molar-refractivity contribution in [3.05, 3.63) is 29.8 Å². The van der Waals surface area contributed by atoms with Crippen molar-refractivity contribution in [1.82, 2.24) is 0 Å². The standard InChI is InChI=1S/C9H9O2/c1-7(10)8-4-3-5-9(6-8)11-2/h3,5-6H,1-2H3. The smallest absolute Gasteiger partial charge is 0.160 e. The maximum atomic E-state index is 10.8. The first-order valence-electron chi connectivity index (χ1n) is 3.30. The SMILES string of the molecule is COc1cc[c]c(C(C)=O)c1. The second-order valence-corrected chi connectivity index (χ2v) is 2.20. The van der Waals surface area contributed by atoms with E-state index < -0.39 is 0 Å². The van der Waals surface area contributed by atoms with Crippen LogP contribution in [-0.4, -0.2) is 12.9 Å². The Morgan fingerprint density at radius 1 is 1.64 bits per heavy atom. The van der Waals surface area contributed by atoms with Gasteiger partial charge in [0.2, 0.25) is 0 Å². The molecule has 1 aromatic rings. The second kappa shape index (κ2) is 3.19. The van der Waals surface area contributed by atoms with Crippen LogP contribution in [0.4, 0.5) is 0 Å². The van der Waals surface area contributed by atoms with E-state index in [4.69, 9.17) is 4.74 Å². The summed E-state index contributed by atoms with van der Waals surface area (Å²) >= 11 is 0. The topological polar surface area (TPSA) is 26.3 Å². The molecule has 1 radical (unpaired) electrons. The van der Waals surface area contributed by atoms with Gasteiger partial charge in [0.25, 0.3) is 0 Å². The maximum absolute atomic E-state index is 10.8. The maximum Gasteiger partial charge on any atom is 0.160 e. The van der Waals surface area contributed by atoms with Gasteiger partial charge in [0.05, 0.1) is 7.11 Å². The molecule has 0 aliphatic rings. The van der Waals surface area contributed by atoms with Crippen LogP contribution in [0.2, 0.25) is 0 Å². The number of ether oxygens (including phenoxy) is 1. The molecule has 2 heteroatoms. The van der Waals surface area contributed by atoms with E-state index in [0.29, 0.717) is 11.3 Å². The first-order chi connectivity index (χ1) is 5.24. The van der Waals surface area contributed by atoms with Crippen LogP contribution in [0.5, 0.6) is 5.75 Å². The van der Waals surface area contributed by atoms with Crippen molar-refractivity contribution in [2.24, 2.45) is 0 Å². The Morgan fingerprint density at radius 2 is 2.36 bits per heavy atom. The molecule has 0 spiro atoms. The normalized spacial score (nSPS) is 9.27. The van der Waals surface area contributed by atoms with Crippen LogP contribution in [0, 0.1) is 6.07 Å². The van der Waals surface area contributed by atoms with Gasteiger partial charge in [-0.15, -0.1) is 0 Å². The summed E-state index contributed by atoms with van der Waals surface area (Å²) in [5, 5.41) is 0. The number of methoxy groups -OCH3 is 1. The lowest BCUT2D eigenvalue weighted by molar-refractivity contribution is 0.101. The van der Waals surface area contributed by atoms with E-state index in [-0.39, 0.29) is 5.78 Å². The molecule has 0 fully saturated rings. The van der Waals surface area contributed by atoms with Crippen molar-refractivity contribution in [1.29, 1.82) is 0 Å². The Bertz CT molecular complexity index is 266. The number of carbonyl (C=O) groups excluding carboxylic acids is 1. The summed E-state index contributed by atoms with van der Waals surface area (Å²) in [6.45, 7) is 1.51. The van der Waals surface area contributed by atoms with Crippen molar-refractivity contribution in [3.8, 4) is 5.75 Å². The summed E-state index contributed by atoms with van der Waals surface area (Å²) in [4.78, 5) is 10.8. The minimum Gasteiger partial charge on any atom is -0.497 e. The van der Waals surface area contributed by atoms with Crippen molar-refractivity contribution >= 4 is 5.78 Å². The van der Waals surface area contributed by atoms with Crippen molar-refractivity contribution in [2.45, 2.75) is 6.92 Å². The molecule has 1 rings (SSSR count). The van der Waals surface area contributed by atoms with Gasteiger partial charge in [-0.2, -0.15) is 0 Å². The van der Waals surface area contributed by atoms with Crippen molar-refractivity contribution < 1.29 is 9.53 Å². The van der Waals surface area contributed by atoms with Gasteiger partial charge >= 0.3 is 0 Å². The minimum absolute atomic E-state index is 0.00361. The predicted molar refractivity (Wildman–Crippen MR) is 41.8 cm³/mol. The molecular weight excluding hydrogens is 140 g/mol. The lowest BCUT2D eigenvalue weighted by atomic mass is 10.1. The first kappa shape index (κ1) is 7.79. The number of rotatable bonds is 2. The number of ketones is 1. The van der Waals surface area contributed by atoms with Gasteiger partial charge in [-0.3, -0.25) is 4.79 Å². The number of hydrogen-bond donors (Lipinski definition) is 0. The van der Waals surface area contributed by atoms with E-state index >= 15 is 0 Å². The summed E-state index contributed by atoms with van der Waals surface area (Å²) in [5.74, 6) is 0.692. The second-order valence-electron chi connectivity index (χ2n) is 2.20. The Kier molecular flexibility index (Phi) is 2.26. The average molecular weight is 149 g/mol. The highest BCUT2D eigenvalue weighted by atomic mass is 16.5. The molecule has 0 amide bonds. The van der Waals surface area contributed by atoms with Crippen molar-refractivity contribution in [3.63, 3.8) is 0 Å². The van der Waals surface area contributed by atoms with E-state index in [1.165, 1.54) is 6.92 Å². The highest BCUT2D eigenvalue weighted by Gasteiger charge is 1.99. The third-order valence-electron chi connectivity index (χ3n) is 1.39. The van der Waals surface area contributed by atoms with Crippen LogP contribution >= 0.6 is 0 Å². The largest absolute Gasteiger partial charge is 0.497 e. The molecular formula is C9H9O2. The van der Waals surface area contributed by atoms with Gasteiger partial charge in [0.1, 0.15) is 5.75 Å². The minimum atomic E-state index is 0.00361. The third kappa shape index (κ3) is 1.80. The van der Waals surface area contributed by atoms with E-state index in [1.807, 2.05) is 0 Å². The lowest BCUT2D eigenvalue weighted by Gasteiger charge is -1.99. The molecule has 0 N–H and O–H groups in total. The fourth-order valence-corrected chi connectivity index (χ4v) is 0.776. The predicted octanol–water partition coefficient (Wildman–Crippen LogP) is 1.70. The van der Waals surface area contributed by atoms with Crippen LogP contribution in [0.25, 0.3) is 0 Å². The van der Waals surface area contributed by atoms with Crippen LogP contribution in [0.3, 0.4) is 0 Å². The van der Waals surface area contributed by atoms with E-state index in [1.54, 1.807) is 25.3 Å². The van der Waals surface area contributed by atoms with Gasteiger partial charge in [-0.1, -0.05) is 0 Å². The molecule has 0 aromatic heterocycles. The van der Waals surface area contributed by atoms with Crippen LogP contribution in [0.15, 0.2) is 18.2 Å². The summed E-state index contributed by atoms with van der Waals surface area (Å²) in [6, 6.07) is 7.91. The number of carbonyl (C=O) groups is 1. The molecule has 2 nitrogen and oxygen atoms in total. The summed E-state index contributed by atoms with van der Waals surface area (Å²) in [6.07, 6.45) is 0. The van der Waals surface area contributed by atoms with Gasteiger partial charge in [-0.25, -0.2) is 0 Å². The molecule has 0 aliphatic carbocycles. The monoisotopic (exact) mass is 149 g/mol. The zero-order valence-electron chi connectivity index (χ0n) is 6.55. The zero-order chi connectivity index (χ0) is 8.27. The highest BCUT2D eigenvalue weighted by Crippen LogP contribution is 2.11.